The van der Waals surface area contributed by atoms with Crippen LogP contribution in [0.1, 0.15) is 10.4 Å². The molecule has 6 heteroatoms. The monoisotopic (exact) mass is 483 g/mol. The SMILES string of the molecule is COc1ccc(-c2cc(C(=O)Oc3ccc(-c4cnc5ccccc5n4)cc3)c3ccccc3n2)cc1. The molecule has 2 heterocycles. The van der Waals surface area contributed by atoms with Crippen LogP contribution < -0.4 is 9.47 Å². The summed E-state index contributed by atoms with van der Waals surface area (Å²) in [4.78, 5) is 27.2. The molecule has 178 valence electrons. The second-order valence-corrected chi connectivity index (χ2v) is 8.46. The van der Waals surface area contributed by atoms with Gasteiger partial charge in [0.15, 0.2) is 0 Å². The summed E-state index contributed by atoms with van der Waals surface area (Å²) >= 11 is 0. The molecule has 0 aliphatic rings. The molecule has 6 rings (SSSR count). The molecule has 4 aromatic carbocycles. The van der Waals surface area contributed by atoms with Gasteiger partial charge in [-0.25, -0.2) is 14.8 Å². The number of fused-ring (bicyclic) bond motifs is 2. The Morgan fingerprint density at radius 1 is 0.649 bits per heavy atom. The van der Waals surface area contributed by atoms with E-state index in [2.05, 4.69) is 9.97 Å². The Morgan fingerprint density at radius 2 is 1.24 bits per heavy atom. The third-order valence-corrected chi connectivity index (χ3v) is 6.13. The molecule has 37 heavy (non-hydrogen) atoms. The fraction of sp³-hybridized carbons (Fsp3) is 0.0323. The normalized spacial score (nSPS) is 10.9. The molecule has 0 aliphatic carbocycles. The Labute approximate surface area is 213 Å². The first-order valence-electron chi connectivity index (χ1n) is 11.8. The lowest BCUT2D eigenvalue weighted by atomic mass is 10.0. The Hall–Kier alpha value is -5.10. The molecule has 6 aromatic rings. The Bertz CT molecular complexity index is 1750. The number of methoxy groups -OCH3 is 1. The number of carbonyl (C=O) groups is 1. The highest BCUT2D eigenvalue weighted by Crippen LogP contribution is 2.28. The molecule has 0 unspecified atom stereocenters. The number of pyridine rings is 1. The molecule has 0 saturated carbocycles. The molecule has 0 saturated heterocycles. The fourth-order valence-corrected chi connectivity index (χ4v) is 4.21. The Morgan fingerprint density at radius 3 is 1.97 bits per heavy atom. The smallest absolute Gasteiger partial charge is 0.344 e. The largest absolute Gasteiger partial charge is 0.497 e. The number of benzene rings is 4. The highest BCUT2D eigenvalue weighted by molar-refractivity contribution is 6.05. The summed E-state index contributed by atoms with van der Waals surface area (Å²) in [7, 11) is 1.62. The van der Waals surface area contributed by atoms with Gasteiger partial charge < -0.3 is 9.47 Å². The van der Waals surface area contributed by atoms with Gasteiger partial charge in [0, 0.05) is 16.5 Å². The van der Waals surface area contributed by atoms with Crippen LogP contribution in [0.5, 0.6) is 11.5 Å². The van der Waals surface area contributed by atoms with E-state index >= 15 is 0 Å². The molecule has 0 amide bonds. The number of nitrogens with zero attached hydrogens (tertiary/aromatic N) is 3. The van der Waals surface area contributed by atoms with E-state index in [-0.39, 0.29) is 0 Å². The van der Waals surface area contributed by atoms with Crippen LogP contribution in [0.25, 0.3) is 44.5 Å². The zero-order chi connectivity index (χ0) is 25.2. The van der Waals surface area contributed by atoms with E-state index in [0.717, 1.165) is 39.0 Å². The number of rotatable bonds is 5. The van der Waals surface area contributed by atoms with Crippen molar-refractivity contribution >= 4 is 27.9 Å². The van der Waals surface area contributed by atoms with E-state index in [1.807, 2.05) is 84.9 Å². The number of para-hydroxylation sites is 3. The van der Waals surface area contributed by atoms with Crippen LogP contribution in [0.15, 0.2) is 109 Å². The zero-order valence-corrected chi connectivity index (χ0v) is 20.0. The second-order valence-electron chi connectivity index (χ2n) is 8.46. The van der Waals surface area contributed by atoms with E-state index in [1.165, 1.54) is 0 Å². The van der Waals surface area contributed by atoms with Crippen LogP contribution in [0, 0.1) is 0 Å². The van der Waals surface area contributed by atoms with Crippen molar-refractivity contribution in [1.82, 2.24) is 15.0 Å². The molecule has 0 bridgehead atoms. The maximum atomic E-state index is 13.3. The molecule has 0 N–H and O–H groups in total. The maximum absolute atomic E-state index is 13.3. The zero-order valence-electron chi connectivity index (χ0n) is 20.0. The average molecular weight is 484 g/mol. The predicted octanol–water partition coefficient (Wildman–Crippen LogP) is 6.74. The van der Waals surface area contributed by atoms with Gasteiger partial charge in [0.1, 0.15) is 11.5 Å². The summed E-state index contributed by atoms with van der Waals surface area (Å²) in [6, 6.07) is 31.9. The van der Waals surface area contributed by atoms with Crippen molar-refractivity contribution in [3.05, 3.63) is 115 Å². The van der Waals surface area contributed by atoms with Gasteiger partial charge in [-0.05, 0) is 72.8 Å². The number of esters is 1. The summed E-state index contributed by atoms with van der Waals surface area (Å²) in [5.74, 6) is 0.739. The van der Waals surface area contributed by atoms with Crippen LogP contribution >= 0.6 is 0 Å². The van der Waals surface area contributed by atoms with Crippen molar-refractivity contribution in [1.29, 1.82) is 0 Å². The lowest BCUT2D eigenvalue weighted by Crippen LogP contribution is -2.10. The molecule has 0 atom stereocenters. The molecular weight excluding hydrogens is 462 g/mol. The lowest BCUT2D eigenvalue weighted by Gasteiger charge is -2.11. The van der Waals surface area contributed by atoms with Crippen molar-refractivity contribution in [2.75, 3.05) is 7.11 Å². The van der Waals surface area contributed by atoms with Crippen molar-refractivity contribution in [3.8, 4) is 34.0 Å². The first-order valence-corrected chi connectivity index (χ1v) is 11.8. The number of ether oxygens (including phenoxy) is 2. The lowest BCUT2D eigenvalue weighted by molar-refractivity contribution is 0.0737. The van der Waals surface area contributed by atoms with Crippen molar-refractivity contribution in [3.63, 3.8) is 0 Å². The number of hydrogen-bond donors (Lipinski definition) is 0. The second kappa shape index (κ2) is 9.51. The summed E-state index contributed by atoms with van der Waals surface area (Å²) in [5, 5.41) is 0.729. The van der Waals surface area contributed by atoms with E-state index < -0.39 is 5.97 Å². The molecule has 0 fully saturated rings. The van der Waals surface area contributed by atoms with Crippen LogP contribution in [-0.4, -0.2) is 28.0 Å². The minimum absolute atomic E-state index is 0.439. The van der Waals surface area contributed by atoms with Crippen LogP contribution in [0.2, 0.25) is 0 Å². The fourth-order valence-electron chi connectivity index (χ4n) is 4.21. The molecule has 0 radical (unpaired) electrons. The van der Waals surface area contributed by atoms with E-state index in [0.29, 0.717) is 22.5 Å². The van der Waals surface area contributed by atoms with Gasteiger partial charge >= 0.3 is 5.97 Å². The third kappa shape index (κ3) is 4.48. The van der Waals surface area contributed by atoms with Gasteiger partial charge in [0.25, 0.3) is 0 Å². The highest BCUT2D eigenvalue weighted by atomic mass is 16.5. The van der Waals surface area contributed by atoms with E-state index in [9.17, 15) is 4.79 Å². The molecular formula is C31H21N3O3. The maximum Gasteiger partial charge on any atom is 0.344 e. The van der Waals surface area contributed by atoms with Crippen molar-refractivity contribution < 1.29 is 14.3 Å². The van der Waals surface area contributed by atoms with Crippen LogP contribution in [0.4, 0.5) is 0 Å². The minimum atomic E-state index is -0.452. The molecule has 0 aliphatic heterocycles. The minimum Gasteiger partial charge on any atom is -0.497 e. The number of aromatic nitrogens is 3. The van der Waals surface area contributed by atoms with Crippen LogP contribution in [0.3, 0.4) is 0 Å². The average Bonchev–Trinajstić information content (AvgIpc) is 2.96. The Balaban J connectivity index is 1.30. The van der Waals surface area contributed by atoms with Crippen molar-refractivity contribution in [2.24, 2.45) is 0 Å². The summed E-state index contributed by atoms with van der Waals surface area (Å²) in [5.41, 5.74) is 6.02. The first-order chi connectivity index (χ1) is 18.2. The quantitative estimate of drug-likeness (QED) is 0.200. The highest BCUT2D eigenvalue weighted by Gasteiger charge is 2.16. The number of hydrogen-bond acceptors (Lipinski definition) is 6. The number of carbonyl (C=O) groups excluding carboxylic acids is 1. The van der Waals surface area contributed by atoms with Gasteiger partial charge in [-0.15, -0.1) is 0 Å². The molecule has 6 nitrogen and oxygen atoms in total. The van der Waals surface area contributed by atoms with E-state index in [1.54, 1.807) is 31.5 Å². The van der Waals surface area contributed by atoms with E-state index in [4.69, 9.17) is 14.5 Å². The Kier molecular flexibility index (Phi) is 5.75. The van der Waals surface area contributed by atoms with Gasteiger partial charge in [0.2, 0.25) is 0 Å². The van der Waals surface area contributed by atoms with Crippen LogP contribution in [-0.2, 0) is 0 Å². The first kappa shape index (κ1) is 22.4. The van der Waals surface area contributed by atoms with Crippen molar-refractivity contribution in [2.45, 2.75) is 0 Å². The predicted molar refractivity (Wildman–Crippen MR) is 144 cm³/mol. The standard InChI is InChI=1S/C31H21N3O3/c1-36-22-14-10-20(11-15-22)29-18-25(24-6-2-3-7-26(24)33-29)31(35)37-23-16-12-21(13-17-23)30-19-32-27-8-4-5-9-28(27)34-30/h2-19H,1H3. The molecule has 2 aromatic heterocycles. The third-order valence-electron chi connectivity index (χ3n) is 6.13. The molecule has 0 spiro atoms. The topological polar surface area (TPSA) is 74.2 Å². The van der Waals surface area contributed by atoms with Gasteiger partial charge in [-0.1, -0.05) is 30.3 Å². The summed E-state index contributed by atoms with van der Waals surface area (Å²) in [6.07, 6.45) is 1.74. The van der Waals surface area contributed by atoms with Gasteiger partial charge in [-0.2, -0.15) is 0 Å². The summed E-state index contributed by atoms with van der Waals surface area (Å²) < 4.78 is 11.0. The van der Waals surface area contributed by atoms with Gasteiger partial charge in [0.05, 0.1) is 46.8 Å². The summed E-state index contributed by atoms with van der Waals surface area (Å²) in [6.45, 7) is 0. The van der Waals surface area contributed by atoms with Gasteiger partial charge in [-0.3, -0.25) is 4.98 Å².